The Morgan fingerprint density at radius 2 is 1.97 bits per heavy atom. The molecule has 1 saturated heterocycles. The van der Waals surface area contributed by atoms with E-state index in [2.05, 4.69) is 10.3 Å². The second kappa shape index (κ2) is 8.41. The number of thioether (sulfide) groups is 1. The third-order valence-electron chi connectivity index (χ3n) is 5.28. The van der Waals surface area contributed by atoms with Gasteiger partial charge in [0.05, 0.1) is 38.9 Å². The zero-order valence-corrected chi connectivity index (χ0v) is 18.1. The van der Waals surface area contributed by atoms with Crippen LogP contribution in [0.4, 0.5) is 5.69 Å². The van der Waals surface area contributed by atoms with Gasteiger partial charge in [-0.15, -0.1) is 11.3 Å². The maximum absolute atomic E-state index is 12.7. The zero-order valence-electron chi connectivity index (χ0n) is 16.5. The van der Waals surface area contributed by atoms with Crippen LogP contribution in [0.2, 0.25) is 0 Å². The third kappa shape index (κ3) is 3.96. The summed E-state index contributed by atoms with van der Waals surface area (Å²) in [7, 11) is 0. The number of hydrogen-bond acceptors (Lipinski definition) is 7. The number of rotatable bonds is 6. The summed E-state index contributed by atoms with van der Waals surface area (Å²) in [6.45, 7) is 1.31. The zero-order chi connectivity index (χ0) is 21.4. The highest BCUT2D eigenvalue weighted by Crippen LogP contribution is 2.34. The number of nitrogens with one attached hydrogen (secondary N) is 1. The van der Waals surface area contributed by atoms with Crippen molar-refractivity contribution in [2.45, 2.75) is 23.3 Å². The van der Waals surface area contributed by atoms with E-state index in [9.17, 15) is 14.4 Å². The van der Waals surface area contributed by atoms with E-state index in [1.54, 1.807) is 42.5 Å². The van der Waals surface area contributed by atoms with Gasteiger partial charge in [0.15, 0.2) is 4.34 Å². The molecule has 0 spiro atoms. The molecule has 2 aliphatic heterocycles. The summed E-state index contributed by atoms with van der Waals surface area (Å²) in [4.78, 5) is 43.3. The number of aromatic nitrogens is 1. The van der Waals surface area contributed by atoms with Crippen molar-refractivity contribution >= 4 is 56.7 Å². The van der Waals surface area contributed by atoms with Crippen LogP contribution >= 0.6 is 23.1 Å². The number of hydrogen-bond donors (Lipinski definition) is 1. The minimum atomic E-state index is -0.318. The molecule has 31 heavy (non-hydrogen) atoms. The van der Waals surface area contributed by atoms with E-state index in [-0.39, 0.29) is 29.6 Å². The number of carbonyl (C=O) groups is 3. The number of amides is 3. The Labute approximate surface area is 186 Å². The molecule has 9 heteroatoms. The van der Waals surface area contributed by atoms with Gasteiger partial charge in [0.1, 0.15) is 0 Å². The Morgan fingerprint density at radius 1 is 1.19 bits per heavy atom. The molecule has 1 N–H and O–H groups in total. The van der Waals surface area contributed by atoms with Gasteiger partial charge in [0, 0.05) is 13.2 Å². The molecule has 2 aromatic carbocycles. The van der Waals surface area contributed by atoms with Crippen molar-refractivity contribution in [2.75, 3.05) is 23.8 Å². The fraction of sp³-hybridized carbons (Fsp3) is 0.273. The summed E-state index contributed by atoms with van der Waals surface area (Å²) in [5.41, 5.74) is 2.13. The second-order valence-electron chi connectivity index (χ2n) is 7.35. The summed E-state index contributed by atoms with van der Waals surface area (Å²) < 4.78 is 7.13. The van der Waals surface area contributed by atoms with Crippen LogP contribution < -0.4 is 10.2 Å². The number of ether oxygens (including phenoxy) is 1. The van der Waals surface area contributed by atoms with Gasteiger partial charge in [-0.25, -0.2) is 9.88 Å². The Kier molecular flexibility index (Phi) is 5.47. The molecule has 7 nitrogen and oxygen atoms in total. The molecule has 5 rings (SSSR count). The van der Waals surface area contributed by atoms with E-state index in [0.717, 1.165) is 34.0 Å². The minimum Gasteiger partial charge on any atom is -0.376 e. The van der Waals surface area contributed by atoms with E-state index in [0.29, 0.717) is 23.4 Å². The van der Waals surface area contributed by atoms with Gasteiger partial charge < -0.3 is 10.1 Å². The predicted molar refractivity (Wildman–Crippen MR) is 120 cm³/mol. The van der Waals surface area contributed by atoms with Gasteiger partial charge in [-0.05, 0) is 43.2 Å². The number of imide groups is 1. The van der Waals surface area contributed by atoms with Crippen molar-refractivity contribution in [3.63, 3.8) is 0 Å². The van der Waals surface area contributed by atoms with Gasteiger partial charge in [-0.3, -0.25) is 14.4 Å². The maximum Gasteiger partial charge on any atom is 0.266 e. The molecule has 1 fully saturated rings. The molecule has 3 heterocycles. The number of thiazole rings is 1. The normalized spacial score (nSPS) is 18.1. The van der Waals surface area contributed by atoms with E-state index >= 15 is 0 Å². The molecule has 2 aliphatic rings. The van der Waals surface area contributed by atoms with Crippen molar-refractivity contribution < 1.29 is 19.1 Å². The standard InChI is InChI=1S/C22H19N3O4S2/c26-19(23-11-14-4-3-9-29-14)12-30-22-24-17-8-7-13(10-18(17)31-22)25-20(27)15-5-1-2-6-16(15)21(25)28/h1-2,5-8,10,14H,3-4,9,11-12H2,(H,23,26)/t14-/m1/s1. The monoisotopic (exact) mass is 453 g/mol. The molecule has 1 aromatic heterocycles. The highest BCUT2D eigenvalue weighted by molar-refractivity contribution is 8.01. The van der Waals surface area contributed by atoms with Crippen molar-refractivity contribution in [1.82, 2.24) is 10.3 Å². The number of nitrogens with zero attached hydrogens (tertiary/aromatic N) is 2. The number of anilines is 1. The van der Waals surface area contributed by atoms with Gasteiger partial charge in [-0.1, -0.05) is 23.9 Å². The average Bonchev–Trinajstić information content (AvgIpc) is 3.50. The fourth-order valence-corrected chi connectivity index (χ4v) is 5.66. The summed E-state index contributed by atoms with van der Waals surface area (Å²) in [5, 5.41) is 2.90. The summed E-state index contributed by atoms with van der Waals surface area (Å²) >= 11 is 2.81. The Morgan fingerprint density at radius 3 is 2.68 bits per heavy atom. The molecule has 0 saturated carbocycles. The van der Waals surface area contributed by atoms with Gasteiger partial charge in [0.25, 0.3) is 11.8 Å². The van der Waals surface area contributed by atoms with Gasteiger partial charge in [0.2, 0.25) is 5.91 Å². The van der Waals surface area contributed by atoms with E-state index in [1.165, 1.54) is 28.0 Å². The van der Waals surface area contributed by atoms with E-state index in [1.807, 2.05) is 0 Å². The second-order valence-corrected chi connectivity index (χ2v) is 9.60. The Hall–Kier alpha value is -2.75. The van der Waals surface area contributed by atoms with Gasteiger partial charge in [-0.2, -0.15) is 0 Å². The number of carbonyl (C=O) groups excluding carboxylic acids is 3. The lowest BCUT2D eigenvalue weighted by Crippen LogP contribution is -2.32. The Balaban J connectivity index is 1.27. The largest absolute Gasteiger partial charge is 0.376 e. The van der Waals surface area contributed by atoms with Crippen LogP contribution in [0.3, 0.4) is 0 Å². The van der Waals surface area contributed by atoms with Crippen molar-refractivity contribution in [1.29, 1.82) is 0 Å². The quantitative estimate of drug-likeness (QED) is 0.454. The van der Waals surface area contributed by atoms with Crippen LogP contribution in [-0.4, -0.2) is 47.7 Å². The lowest BCUT2D eigenvalue weighted by molar-refractivity contribution is -0.119. The van der Waals surface area contributed by atoms with Crippen LogP contribution in [0.25, 0.3) is 10.2 Å². The molecule has 3 amide bonds. The third-order valence-corrected chi connectivity index (χ3v) is 7.44. The fourth-order valence-electron chi connectivity index (χ4n) is 3.73. The maximum atomic E-state index is 12.7. The molecule has 0 radical (unpaired) electrons. The lowest BCUT2D eigenvalue weighted by Gasteiger charge is -2.13. The SMILES string of the molecule is O=C(CSc1nc2ccc(N3C(=O)c4ccccc4C3=O)cc2s1)NC[C@H]1CCCO1. The van der Waals surface area contributed by atoms with Crippen LogP contribution in [0.1, 0.15) is 33.6 Å². The highest BCUT2D eigenvalue weighted by Gasteiger charge is 2.36. The van der Waals surface area contributed by atoms with Crippen molar-refractivity contribution in [2.24, 2.45) is 0 Å². The predicted octanol–water partition coefficient (Wildman–Crippen LogP) is 3.48. The van der Waals surface area contributed by atoms with Crippen LogP contribution in [0.15, 0.2) is 46.8 Å². The molecular formula is C22H19N3O4S2. The minimum absolute atomic E-state index is 0.0496. The van der Waals surface area contributed by atoms with Crippen molar-refractivity contribution in [3.05, 3.63) is 53.6 Å². The first kappa shape index (κ1) is 20.2. The molecule has 3 aromatic rings. The molecule has 0 unspecified atom stereocenters. The first-order chi connectivity index (χ1) is 15.1. The molecule has 0 bridgehead atoms. The molecule has 158 valence electrons. The van der Waals surface area contributed by atoms with E-state index < -0.39 is 0 Å². The summed E-state index contributed by atoms with van der Waals surface area (Å²) in [5.74, 6) is -0.409. The van der Waals surface area contributed by atoms with Crippen molar-refractivity contribution in [3.8, 4) is 0 Å². The molecule has 1 atom stereocenters. The average molecular weight is 454 g/mol. The van der Waals surface area contributed by atoms with Crippen LogP contribution in [-0.2, 0) is 9.53 Å². The topological polar surface area (TPSA) is 88.6 Å². The number of benzene rings is 2. The summed E-state index contributed by atoms with van der Waals surface area (Å²) in [6.07, 6.45) is 2.15. The smallest absolute Gasteiger partial charge is 0.266 e. The first-order valence-corrected chi connectivity index (χ1v) is 11.8. The van der Waals surface area contributed by atoms with Gasteiger partial charge >= 0.3 is 0 Å². The lowest BCUT2D eigenvalue weighted by atomic mass is 10.1. The van der Waals surface area contributed by atoms with Crippen LogP contribution in [0.5, 0.6) is 0 Å². The van der Waals surface area contributed by atoms with E-state index in [4.69, 9.17) is 4.74 Å². The summed E-state index contributed by atoms with van der Waals surface area (Å²) in [6, 6.07) is 12.2. The first-order valence-electron chi connectivity index (χ1n) is 9.99. The highest BCUT2D eigenvalue weighted by atomic mass is 32.2. The van der Waals surface area contributed by atoms with Crippen LogP contribution in [0, 0.1) is 0 Å². The number of fused-ring (bicyclic) bond motifs is 2. The Bertz CT molecular complexity index is 1150. The molecule has 0 aliphatic carbocycles. The molecular weight excluding hydrogens is 434 g/mol.